The molecule has 0 aromatic heterocycles. The summed E-state index contributed by atoms with van der Waals surface area (Å²) in [5.74, 6) is 1.78. The number of ether oxygens (including phenoxy) is 1. The maximum Gasteiger partial charge on any atom is 0.193 e. The Kier molecular flexibility index (Phi) is 8.48. The third-order valence-corrected chi connectivity index (χ3v) is 7.29. The number of halogens is 1. The fourth-order valence-electron chi connectivity index (χ4n) is 5.01. The van der Waals surface area contributed by atoms with Gasteiger partial charge in [-0.2, -0.15) is 0 Å². The number of piperidine rings is 1. The van der Waals surface area contributed by atoms with Gasteiger partial charge in [0.25, 0.3) is 0 Å². The van der Waals surface area contributed by atoms with Gasteiger partial charge in [-0.15, -0.1) is 0 Å². The molecule has 31 heavy (non-hydrogen) atoms. The van der Waals surface area contributed by atoms with Crippen molar-refractivity contribution in [3.05, 3.63) is 34.9 Å². The molecular weight excluding hydrogens is 410 g/mol. The second-order valence-electron chi connectivity index (χ2n) is 9.04. The number of rotatable bonds is 6. The van der Waals surface area contributed by atoms with Crippen molar-refractivity contribution in [2.24, 2.45) is 10.9 Å². The summed E-state index contributed by atoms with van der Waals surface area (Å²) in [5.41, 5.74) is 1.24. The van der Waals surface area contributed by atoms with Crippen LogP contribution in [-0.2, 0) is 11.3 Å². The van der Waals surface area contributed by atoms with Crippen molar-refractivity contribution in [1.82, 2.24) is 20.0 Å². The second-order valence-corrected chi connectivity index (χ2v) is 9.45. The minimum Gasteiger partial charge on any atom is -0.379 e. The van der Waals surface area contributed by atoms with Crippen molar-refractivity contribution in [3.63, 3.8) is 0 Å². The molecular formula is C24H38ClN5O. The molecule has 0 amide bonds. The summed E-state index contributed by atoms with van der Waals surface area (Å²) < 4.78 is 5.52. The fraction of sp³-hybridized carbons (Fsp3) is 0.708. The van der Waals surface area contributed by atoms with Crippen LogP contribution >= 0.6 is 11.6 Å². The monoisotopic (exact) mass is 447 g/mol. The number of benzene rings is 1. The van der Waals surface area contributed by atoms with Gasteiger partial charge in [0, 0.05) is 56.9 Å². The van der Waals surface area contributed by atoms with E-state index in [0.717, 1.165) is 83.1 Å². The molecule has 4 rings (SSSR count). The van der Waals surface area contributed by atoms with Crippen LogP contribution in [0.3, 0.4) is 0 Å². The van der Waals surface area contributed by atoms with Crippen molar-refractivity contribution >= 4 is 17.6 Å². The van der Waals surface area contributed by atoms with Gasteiger partial charge in [-0.05, 0) is 56.8 Å². The molecule has 1 aromatic carbocycles. The molecule has 1 N–H and O–H groups in total. The second kappa shape index (κ2) is 11.5. The quantitative estimate of drug-likeness (QED) is 0.536. The molecule has 0 aliphatic carbocycles. The Bertz CT molecular complexity index is 716. The fourth-order valence-corrected chi connectivity index (χ4v) is 5.21. The lowest BCUT2D eigenvalue weighted by Gasteiger charge is -2.33. The van der Waals surface area contributed by atoms with E-state index in [1.807, 2.05) is 12.1 Å². The summed E-state index contributed by atoms with van der Waals surface area (Å²) in [6.07, 6.45) is 3.65. The highest BCUT2D eigenvalue weighted by atomic mass is 35.5. The molecule has 6 nitrogen and oxygen atoms in total. The first-order valence-electron chi connectivity index (χ1n) is 12.0. The highest BCUT2D eigenvalue weighted by molar-refractivity contribution is 6.31. The summed E-state index contributed by atoms with van der Waals surface area (Å²) in [7, 11) is 0. The van der Waals surface area contributed by atoms with Crippen LogP contribution in [0.15, 0.2) is 29.3 Å². The van der Waals surface area contributed by atoms with E-state index in [2.05, 4.69) is 39.1 Å². The number of hydrogen-bond donors (Lipinski definition) is 1. The molecule has 1 aromatic rings. The van der Waals surface area contributed by atoms with Crippen molar-refractivity contribution < 1.29 is 4.74 Å². The predicted octanol–water partition coefficient (Wildman–Crippen LogP) is 2.92. The first-order valence-corrected chi connectivity index (χ1v) is 12.4. The summed E-state index contributed by atoms with van der Waals surface area (Å²) in [4.78, 5) is 12.7. The van der Waals surface area contributed by atoms with Crippen molar-refractivity contribution in [1.29, 1.82) is 0 Å². The molecule has 3 aliphatic rings. The molecule has 7 heteroatoms. The van der Waals surface area contributed by atoms with E-state index in [-0.39, 0.29) is 0 Å². The third-order valence-electron chi connectivity index (χ3n) is 6.92. The minimum atomic E-state index is 0.640. The maximum atomic E-state index is 6.34. The SMILES string of the molecule is CCNC(=NCC1CCN(Cc2ccccc2Cl)CC1)N1CCC(N2CCOCC2)C1. The summed E-state index contributed by atoms with van der Waals surface area (Å²) in [6.45, 7) is 13.3. The predicted molar refractivity (Wildman–Crippen MR) is 128 cm³/mol. The Morgan fingerprint density at radius 2 is 1.87 bits per heavy atom. The van der Waals surface area contributed by atoms with Crippen LogP contribution in [0.1, 0.15) is 31.7 Å². The standard InChI is InChI=1S/C24H38ClN5O/c1-2-26-24(30-12-9-22(19-30)29-13-15-31-16-14-29)27-17-20-7-10-28(11-8-20)18-21-5-3-4-6-23(21)25/h3-6,20,22H,2,7-19H2,1H3,(H,26,27). The van der Waals surface area contributed by atoms with Gasteiger partial charge in [0.15, 0.2) is 5.96 Å². The Balaban J connectivity index is 1.25. The van der Waals surface area contributed by atoms with Crippen LogP contribution in [0.25, 0.3) is 0 Å². The van der Waals surface area contributed by atoms with Gasteiger partial charge >= 0.3 is 0 Å². The van der Waals surface area contributed by atoms with Crippen LogP contribution < -0.4 is 5.32 Å². The van der Waals surface area contributed by atoms with Gasteiger partial charge in [0.2, 0.25) is 0 Å². The molecule has 0 radical (unpaired) electrons. The number of guanidine groups is 1. The Morgan fingerprint density at radius 1 is 1.10 bits per heavy atom. The van der Waals surface area contributed by atoms with Crippen LogP contribution in [0, 0.1) is 5.92 Å². The summed E-state index contributed by atoms with van der Waals surface area (Å²) in [5, 5.41) is 4.42. The lowest BCUT2D eigenvalue weighted by atomic mass is 9.96. The van der Waals surface area contributed by atoms with Gasteiger partial charge in [-0.3, -0.25) is 14.8 Å². The van der Waals surface area contributed by atoms with E-state index < -0.39 is 0 Å². The average molecular weight is 448 g/mol. The lowest BCUT2D eigenvalue weighted by Crippen LogP contribution is -2.46. The Labute approximate surface area is 192 Å². The Hall–Kier alpha value is -1.34. The molecule has 172 valence electrons. The van der Waals surface area contributed by atoms with Gasteiger partial charge in [-0.25, -0.2) is 0 Å². The third kappa shape index (κ3) is 6.35. The van der Waals surface area contributed by atoms with E-state index >= 15 is 0 Å². The maximum absolute atomic E-state index is 6.34. The number of hydrogen-bond acceptors (Lipinski definition) is 4. The molecule has 1 unspecified atom stereocenters. The van der Waals surface area contributed by atoms with Gasteiger partial charge in [-0.1, -0.05) is 29.8 Å². The molecule has 0 saturated carbocycles. The van der Waals surface area contributed by atoms with E-state index in [4.69, 9.17) is 21.3 Å². The number of likely N-dealkylation sites (tertiary alicyclic amines) is 2. The van der Waals surface area contributed by atoms with Gasteiger partial charge < -0.3 is 15.0 Å². The largest absolute Gasteiger partial charge is 0.379 e. The highest BCUT2D eigenvalue weighted by Gasteiger charge is 2.30. The van der Waals surface area contributed by atoms with Crippen molar-refractivity contribution in [2.75, 3.05) is 65.6 Å². The number of nitrogens with zero attached hydrogens (tertiary/aromatic N) is 4. The van der Waals surface area contributed by atoms with Crippen LogP contribution in [-0.4, -0.2) is 92.3 Å². The topological polar surface area (TPSA) is 43.3 Å². The Morgan fingerprint density at radius 3 is 2.61 bits per heavy atom. The first-order chi connectivity index (χ1) is 15.2. The molecule has 3 saturated heterocycles. The van der Waals surface area contributed by atoms with Crippen LogP contribution in [0.5, 0.6) is 0 Å². The highest BCUT2D eigenvalue weighted by Crippen LogP contribution is 2.23. The number of nitrogens with one attached hydrogen (secondary N) is 1. The first kappa shape index (κ1) is 22.8. The molecule has 1 atom stereocenters. The minimum absolute atomic E-state index is 0.640. The van der Waals surface area contributed by atoms with E-state index in [1.165, 1.54) is 24.8 Å². The summed E-state index contributed by atoms with van der Waals surface area (Å²) in [6, 6.07) is 8.85. The zero-order chi connectivity index (χ0) is 21.5. The lowest BCUT2D eigenvalue weighted by molar-refractivity contribution is 0.0195. The van der Waals surface area contributed by atoms with Crippen LogP contribution in [0.2, 0.25) is 5.02 Å². The van der Waals surface area contributed by atoms with Crippen molar-refractivity contribution in [2.45, 2.75) is 38.8 Å². The van der Waals surface area contributed by atoms with Crippen LogP contribution in [0.4, 0.5) is 0 Å². The van der Waals surface area contributed by atoms with E-state index in [9.17, 15) is 0 Å². The summed E-state index contributed by atoms with van der Waals surface area (Å²) >= 11 is 6.34. The zero-order valence-electron chi connectivity index (χ0n) is 18.9. The van der Waals surface area contributed by atoms with E-state index in [1.54, 1.807) is 0 Å². The molecule has 3 fully saturated rings. The zero-order valence-corrected chi connectivity index (χ0v) is 19.7. The normalized spacial score (nSPS) is 24.6. The average Bonchev–Trinajstić information content (AvgIpc) is 3.30. The molecule has 0 spiro atoms. The molecule has 3 aliphatic heterocycles. The van der Waals surface area contributed by atoms with E-state index in [0.29, 0.717) is 12.0 Å². The van der Waals surface area contributed by atoms with Crippen molar-refractivity contribution in [3.8, 4) is 0 Å². The smallest absolute Gasteiger partial charge is 0.193 e. The van der Waals surface area contributed by atoms with Gasteiger partial charge in [0.1, 0.15) is 0 Å². The molecule has 3 heterocycles. The van der Waals surface area contributed by atoms with Gasteiger partial charge in [0.05, 0.1) is 13.2 Å². The molecule has 0 bridgehead atoms. The number of aliphatic imine (C=N–C) groups is 1. The number of morpholine rings is 1.